The molecule has 0 spiro atoms. The number of benzene rings is 1. The van der Waals surface area contributed by atoms with Crippen molar-refractivity contribution in [2.75, 3.05) is 36.8 Å². The zero-order chi connectivity index (χ0) is 29.9. The number of urea groups is 1. The lowest BCUT2D eigenvalue weighted by Crippen LogP contribution is -2.48. The molecule has 3 amide bonds. The molecule has 0 aliphatic carbocycles. The van der Waals surface area contributed by atoms with E-state index in [4.69, 9.17) is 9.26 Å². The van der Waals surface area contributed by atoms with Gasteiger partial charge in [0.2, 0.25) is 5.91 Å². The first-order valence-electron chi connectivity index (χ1n) is 13.1. The smallest absolute Gasteiger partial charge is 0.321 e. The number of hydrogen-bond donors (Lipinski definition) is 3. The highest BCUT2D eigenvalue weighted by molar-refractivity contribution is 7.94. The standard InChI is InChI=1S/C27H35N5O7S2/c1-16-13-32(17(2)15-33)24(34)12-20-11-21(30-41(36,37)25-7-6-10-40-25)8-9-22(20)38-23(16)14-31(5)27(35)28-26-18(3)29-39-19(26)4/h6-11,16-17,23,30,33H,12-15H2,1-5H3,(H,28,35)/t16-,17-,23+/m0/s1. The number of aliphatic hydroxyl groups excluding tert-OH is 1. The number of aliphatic hydroxyl groups is 1. The molecule has 0 saturated carbocycles. The lowest BCUT2D eigenvalue weighted by Gasteiger charge is -2.34. The van der Waals surface area contributed by atoms with Crippen LogP contribution < -0.4 is 14.8 Å². The molecule has 4 rings (SSSR count). The summed E-state index contributed by atoms with van der Waals surface area (Å²) in [6.45, 7) is 7.36. The maximum atomic E-state index is 13.4. The van der Waals surface area contributed by atoms with Crippen LogP contribution in [0.2, 0.25) is 0 Å². The number of fused-ring (bicyclic) bond motifs is 1. The second-order valence-corrected chi connectivity index (χ2v) is 13.1. The van der Waals surface area contributed by atoms with Gasteiger partial charge in [-0.3, -0.25) is 9.52 Å². The lowest BCUT2D eigenvalue weighted by molar-refractivity contribution is -0.134. The van der Waals surface area contributed by atoms with Gasteiger partial charge in [0, 0.05) is 30.8 Å². The van der Waals surface area contributed by atoms with Gasteiger partial charge in [-0.05, 0) is 50.4 Å². The van der Waals surface area contributed by atoms with Crippen LogP contribution in [0, 0.1) is 19.8 Å². The minimum absolute atomic E-state index is 0.0595. The minimum atomic E-state index is -3.80. The number of hydrogen-bond acceptors (Lipinski definition) is 9. The number of amides is 3. The number of carbonyl (C=O) groups excluding carboxylic acids is 2. The Morgan fingerprint density at radius 2 is 2.07 bits per heavy atom. The van der Waals surface area contributed by atoms with Gasteiger partial charge in [-0.1, -0.05) is 18.1 Å². The van der Waals surface area contributed by atoms with E-state index in [1.165, 1.54) is 11.0 Å². The number of nitrogens with one attached hydrogen (secondary N) is 2. The topological polar surface area (TPSA) is 154 Å². The van der Waals surface area contributed by atoms with Crippen molar-refractivity contribution in [3.63, 3.8) is 0 Å². The fraction of sp³-hybridized carbons (Fsp3) is 0.444. The summed E-state index contributed by atoms with van der Waals surface area (Å²) in [6.07, 6.45) is -0.599. The fourth-order valence-corrected chi connectivity index (χ4v) is 6.59. The van der Waals surface area contributed by atoms with Crippen molar-refractivity contribution >= 4 is 44.7 Å². The van der Waals surface area contributed by atoms with Crippen molar-refractivity contribution in [1.82, 2.24) is 15.0 Å². The maximum Gasteiger partial charge on any atom is 0.321 e. The van der Waals surface area contributed by atoms with Crippen molar-refractivity contribution in [2.24, 2.45) is 5.92 Å². The molecule has 222 valence electrons. The van der Waals surface area contributed by atoms with Crippen LogP contribution in [-0.2, 0) is 21.2 Å². The van der Waals surface area contributed by atoms with Crippen LogP contribution in [0.1, 0.15) is 30.9 Å². The quantitative estimate of drug-likeness (QED) is 0.353. The molecule has 1 aliphatic heterocycles. The number of likely N-dealkylation sites (N-methyl/N-ethyl adjacent to an activating group) is 1. The summed E-state index contributed by atoms with van der Waals surface area (Å²) in [4.78, 5) is 29.5. The third-order valence-electron chi connectivity index (χ3n) is 6.99. The SMILES string of the molecule is Cc1noc(C)c1NC(=O)N(C)C[C@H]1Oc2ccc(NS(=O)(=O)c3cccs3)cc2CC(=O)N([C@@H](C)CO)C[C@@H]1C. The van der Waals surface area contributed by atoms with Crippen molar-refractivity contribution in [2.45, 2.75) is 50.5 Å². The highest BCUT2D eigenvalue weighted by atomic mass is 32.2. The number of nitrogens with zero attached hydrogens (tertiary/aromatic N) is 3. The molecule has 0 saturated heterocycles. The Labute approximate surface area is 243 Å². The number of ether oxygens (including phenoxy) is 1. The molecule has 3 atom stereocenters. The third kappa shape index (κ3) is 7.00. The molecule has 41 heavy (non-hydrogen) atoms. The molecular weight excluding hydrogens is 570 g/mol. The van der Waals surface area contributed by atoms with Gasteiger partial charge in [0.25, 0.3) is 10.0 Å². The molecule has 14 heteroatoms. The predicted octanol–water partition coefficient (Wildman–Crippen LogP) is 3.47. The number of anilines is 2. The van der Waals surface area contributed by atoms with Gasteiger partial charge in [-0.2, -0.15) is 0 Å². The molecule has 3 aromatic rings. The molecule has 1 aliphatic rings. The van der Waals surface area contributed by atoms with Crippen LogP contribution in [0.5, 0.6) is 5.75 Å². The van der Waals surface area contributed by atoms with Crippen molar-refractivity contribution in [1.29, 1.82) is 0 Å². The summed E-state index contributed by atoms with van der Waals surface area (Å²) in [5.74, 6) is 0.437. The van der Waals surface area contributed by atoms with E-state index in [0.717, 1.165) is 11.3 Å². The van der Waals surface area contributed by atoms with Gasteiger partial charge in [0.05, 0.1) is 25.6 Å². The molecule has 0 fully saturated rings. The van der Waals surface area contributed by atoms with E-state index >= 15 is 0 Å². The monoisotopic (exact) mass is 605 g/mol. The number of aromatic nitrogens is 1. The second kappa shape index (κ2) is 12.5. The van der Waals surface area contributed by atoms with Crippen LogP contribution in [0.25, 0.3) is 0 Å². The Bertz CT molecular complexity index is 1470. The number of aryl methyl sites for hydroxylation is 2. The zero-order valence-corrected chi connectivity index (χ0v) is 25.2. The lowest BCUT2D eigenvalue weighted by atomic mass is 10.0. The van der Waals surface area contributed by atoms with Gasteiger partial charge in [0.15, 0.2) is 5.76 Å². The normalized spacial score (nSPS) is 18.4. The fourth-order valence-electron chi connectivity index (χ4n) is 4.55. The number of rotatable bonds is 8. The summed E-state index contributed by atoms with van der Waals surface area (Å²) >= 11 is 1.10. The summed E-state index contributed by atoms with van der Waals surface area (Å²) in [5, 5.41) is 18.2. The van der Waals surface area contributed by atoms with Gasteiger partial charge in [0.1, 0.15) is 27.4 Å². The van der Waals surface area contributed by atoms with E-state index in [-0.39, 0.29) is 53.9 Å². The average Bonchev–Trinajstić information content (AvgIpc) is 3.59. The summed E-state index contributed by atoms with van der Waals surface area (Å²) < 4.78 is 39.9. The summed E-state index contributed by atoms with van der Waals surface area (Å²) in [6, 6.07) is 7.12. The van der Waals surface area contributed by atoms with E-state index < -0.39 is 22.2 Å². The van der Waals surface area contributed by atoms with E-state index in [0.29, 0.717) is 28.5 Å². The number of carbonyl (C=O) groups is 2. The highest BCUT2D eigenvalue weighted by Crippen LogP contribution is 2.30. The maximum absolute atomic E-state index is 13.4. The first-order chi connectivity index (χ1) is 19.4. The van der Waals surface area contributed by atoms with Crippen LogP contribution >= 0.6 is 11.3 Å². The van der Waals surface area contributed by atoms with E-state index in [9.17, 15) is 23.1 Å². The van der Waals surface area contributed by atoms with E-state index in [1.54, 1.807) is 62.4 Å². The number of thiophene rings is 1. The highest BCUT2D eigenvalue weighted by Gasteiger charge is 2.32. The molecule has 12 nitrogen and oxygen atoms in total. The molecule has 2 aromatic heterocycles. The Morgan fingerprint density at radius 1 is 1.32 bits per heavy atom. The zero-order valence-electron chi connectivity index (χ0n) is 23.6. The molecular formula is C27H35N5O7S2. The van der Waals surface area contributed by atoms with E-state index in [2.05, 4.69) is 15.2 Å². The van der Waals surface area contributed by atoms with Crippen LogP contribution in [0.4, 0.5) is 16.2 Å². The molecule has 0 bridgehead atoms. The van der Waals surface area contributed by atoms with Crippen molar-refractivity contribution < 1.29 is 32.4 Å². The largest absolute Gasteiger partial charge is 0.488 e. The van der Waals surface area contributed by atoms with Crippen molar-refractivity contribution in [3.05, 3.63) is 52.7 Å². The van der Waals surface area contributed by atoms with Crippen LogP contribution in [0.3, 0.4) is 0 Å². The second-order valence-electron chi connectivity index (χ2n) is 10.3. The third-order valence-corrected chi connectivity index (χ3v) is 9.77. The molecule has 3 heterocycles. The van der Waals surface area contributed by atoms with Crippen LogP contribution in [-0.4, -0.2) is 79.3 Å². The Hall–Kier alpha value is -3.62. The summed E-state index contributed by atoms with van der Waals surface area (Å²) in [7, 11) is -2.16. The van der Waals surface area contributed by atoms with Crippen LogP contribution in [0.15, 0.2) is 44.4 Å². The predicted molar refractivity (Wildman–Crippen MR) is 155 cm³/mol. The molecule has 0 unspecified atom stereocenters. The molecule has 0 radical (unpaired) electrons. The van der Waals surface area contributed by atoms with Gasteiger partial charge in [-0.25, -0.2) is 13.2 Å². The molecule has 1 aromatic carbocycles. The van der Waals surface area contributed by atoms with Gasteiger partial charge < -0.3 is 29.5 Å². The Kier molecular flexibility index (Phi) is 9.24. The average molecular weight is 606 g/mol. The van der Waals surface area contributed by atoms with Crippen molar-refractivity contribution in [3.8, 4) is 5.75 Å². The number of sulfonamides is 1. The Balaban J connectivity index is 1.62. The first kappa shape index (κ1) is 30.3. The Morgan fingerprint density at radius 3 is 2.71 bits per heavy atom. The van der Waals surface area contributed by atoms with Gasteiger partial charge >= 0.3 is 6.03 Å². The van der Waals surface area contributed by atoms with Gasteiger partial charge in [-0.15, -0.1) is 11.3 Å². The van der Waals surface area contributed by atoms with E-state index in [1.807, 2.05) is 6.92 Å². The molecule has 3 N–H and O–H groups in total. The minimum Gasteiger partial charge on any atom is -0.488 e. The summed E-state index contributed by atoms with van der Waals surface area (Å²) in [5.41, 5.74) is 1.83. The first-order valence-corrected chi connectivity index (χ1v) is 15.5.